The van der Waals surface area contributed by atoms with E-state index in [0.29, 0.717) is 23.8 Å². The van der Waals surface area contributed by atoms with Gasteiger partial charge in [-0.2, -0.15) is 0 Å². The standard InChI is InChI=1S/C31H41N/c1-20(2)26-13-10-24-11-15-28(31(21(3)4)29(24)18-26)17-23(7)27-14-12-25-9-8-16-32(22(5)6)30(25)19-27/h10-15,18-23H,8-9,16-17H2,1-7H3. The van der Waals surface area contributed by atoms with Gasteiger partial charge in [0.2, 0.25) is 0 Å². The normalized spacial score (nSPS) is 15.1. The summed E-state index contributed by atoms with van der Waals surface area (Å²) >= 11 is 0. The first-order valence-electron chi connectivity index (χ1n) is 12.7. The molecule has 3 aromatic rings. The summed E-state index contributed by atoms with van der Waals surface area (Å²) in [5.41, 5.74) is 8.96. The zero-order chi connectivity index (χ0) is 23.0. The second kappa shape index (κ2) is 9.30. The van der Waals surface area contributed by atoms with Crippen LogP contribution in [0.1, 0.15) is 100 Å². The van der Waals surface area contributed by atoms with Crippen LogP contribution in [0.15, 0.2) is 48.5 Å². The summed E-state index contributed by atoms with van der Waals surface area (Å²) in [7, 11) is 0. The molecule has 170 valence electrons. The second-order valence-corrected chi connectivity index (χ2v) is 10.8. The Hall–Kier alpha value is -2.28. The van der Waals surface area contributed by atoms with E-state index in [0.717, 1.165) is 6.42 Å². The topological polar surface area (TPSA) is 3.24 Å². The van der Waals surface area contributed by atoms with Crippen LogP contribution in [0.2, 0.25) is 0 Å². The largest absolute Gasteiger partial charge is 0.369 e. The molecule has 1 heteroatoms. The van der Waals surface area contributed by atoms with Crippen LogP contribution >= 0.6 is 0 Å². The van der Waals surface area contributed by atoms with Gasteiger partial charge in [0.05, 0.1) is 0 Å². The van der Waals surface area contributed by atoms with Crippen molar-refractivity contribution in [1.82, 2.24) is 0 Å². The van der Waals surface area contributed by atoms with Crippen molar-refractivity contribution in [2.75, 3.05) is 11.4 Å². The molecule has 1 atom stereocenters. The first-order chi connectivity index (χ1) is 15.3. The number of nitrogens with zero attached hydrogens (tertiary/aromatic N) is 1. The molecular formula is C31H41N. The molecule has 0 aromatic heterocycles. The van der Waals surface area contributed by atoms with E-state index in [2.05, 4.69) is 102 Å². The summed E-state index contributed by atoms with van der Waals surface area (Å²) in [5, 5.41) is 2.82. The van der Waals surface area contributed by atoms with Gasteiger partial charge < -0.3 is 4.90 Å². The lowest BCUT2D eigenvalue weighted by atomic mass is 9.84. The van der Waals surface area contributed by atoms with E-state index in [1.807, 2.05) is 0 Å². The third-order valence-corrected chi connectivity index (χ3v) is 7.40. The Bertz CT molecular complexity index is 1090. The van der Waals surface area contributed by atoms with Crippen molar-refractivity contribution in [1.29, 1.82) is 0 Å². The Labute approximate surface area is 195 Å². The quantitative estimate of drug-likeness (QED) is 0.380. The monoisotopic (exact) mass is 427 g/mol. The highest BCUT2D eigenvalue weighted by Crippen LogP contribution is 2.36. The summed E-state index contributed by atoms with van der Waals surface area (Å²) in [5.74, 6) is 1.57. The molecule has 1 nitrogen and oxygen atoms in total. The van der Waals surface area contributed by atoms with Gasteiger partial charge in [0.25, 0.3) is 0 Å². The fourth-order valence-electron chi connectivity index (χ4n) is 5.54. The predicted molar refractivity (Wildman–Crippen MR) is 141 cm³/mol. The average molecular weight is 428 g/mol. The van der Waals surface area contributed by atoms with Crippen molar-refractivity contribution >= 4 is 16.5 Å². The maximum Gasteiger partial charge on any atom is 0.0403 e. The lowest BCUT2D eigenvalue weighted by Crippen LogP contribution is -2.35. The van der Waals surface area contributed by atoms with Crippen LogP contribution in [0.5, 0.6) is 0 Å². The average Bonchev–Trinajstić information content (AvgIpc) is 2.77. The zero-order valence-corrected chi connectivity index (χ0v) is 21.2. The fraction of sp³-hybridized carbons (Fsp3) is 0.484. The van der Waals surface area contributed by atoms with Gasteiger partial charge in [-0.05, 0) is 95.5 Å². The molecule has 0 saturated heterocycles. The van der Waals surface area contributed by atoms with Gasteiger partial charge in [0.15, 0.2) is 0 Å². The Balaban J connectivity index is 1.70. The van der Waals surface area contributed by atoms with Crippen LogP contribution in [0.3, 0.4) is 0 Å². The van der Waals surface area contributed by atoms with E-state index in [1.54, 1.807) is 5.56 Å². The number of rotatable bonds is 6. The summed E-state index contributed by atoms with van der Waals surface area (Å²) < 4.78 is 0. The van der Waals surface area contributed by atoms with Gasteiger partial charge in [0.1, 0.15) is 0 Å². The van der Waals surface area contributed by atoms with Crippen LogP contribution < -0.4 is 4.90 Å². The van der Waals surface area contributed by atoms with E-state index in [1.165, 1.54) is 58.1 Å². The summed E-state index contributed by atoms with van der Waals surface area (Å²) in [6.07, 6.45) is 3.58. The fourth-order valence-corrected chi connectivity index (χ4v) is 5.54. The van der Waals surface area contributed by atoms with Crippen molar-refractivity contribution in [3.8, 4) is 0 Å². The van der Waals surface area contributed by atoms with Crippen LogP contribution in [-0.2, 0) is 12.8 Å². The summed E-state index contributed by atoms with van der Waals surface area (Å²) in [6, 6.07) is 19.6. The molecule has 0 radical (unpaired) electrons. The first-order valence-corrected chi connectivity index (χ1v) is 12.7. The minimum absolute atomic E-state index is 0.500. The van der Waals surface area contributed by atoms with Crippen molar-refractivity contribution in [2.45, 2.75) is 91.5 Å². The maximum atomic E-state index is 2.60. The smallest absolute Gasteiger partial charge is 0.0403 e. The van der Waals surface area contributed by atoms with Gasteiger partial charge in [-0.25, -0.2) is 0 Å². The molecule has 0 N–H and O–H groups in total. The van der Waals surface area contributed by atoms with Crippen LogP contribution in [-0.4, -0.2) is 12.6 Å². The molecule has 1 unspecified atom stereocenters. The van der Waals surface area contributed by atoms with Crippen LogP contribution in [0.4, 0.5) is 5.69 Å². The van der Waals surface area contributed by atoms with Crippen molar-refractivity contribution in [3.05, 3.63) is 76.3 Å². The molecule has 0 spiro atoms. The molecule has 1 aliphatic heterocycles. The van der Waals surface area contributed by atoms with E-state index < -0.39 is 0 Å². The van der Waals surface area contributed by atoms with Crippen LogP contribution in [0.25, 0.3) is 10.8 Å². The SMILES string of the molecule is CC(C)c1ccc2ccc(CC(C)c3ccc4c(c3)N(C(C)C)CCC4)c(C(C)C)c2c1. The second-order valence-electron chi connectivity index (χ2n) is 10.8. The predicted octanol–water partition coefficient (Wildman–Crippen LogP) is 8.59. The van der Waals surface area contributed by atoms with Gasteiger partial charge in [-0.1, -0.05) is 77.1 Å². The Morgan fingerprint density at radius 1 is 0.781 bits per heavy atom. The van der Waals surface area contributed by atoms with Crippen LogP contribution in [0, 0.1) is 0 Å². The molecule has 0 fully saturated rings. The van der Waals surface area contributed by atoms with Gasteiger partial charge in [-0.3, -0.25) is 0 Å². The first kappa shape index (κ1) is 22.9. The molecule has 0 bridgehead atoms. The molecular weight excluding hydrogens is 386 g/mol. The minimum atomic E-state index is 0.500. The van der Waals surface area contributed by atoms with Gasteiger partial charge in [0, 0.05) is 18.3 Å². The Morgan fingerprint density at radius 2 is 1.50 bits per heavy atom. The number of hydrogen-bond acceptors (Lipinski definition) is 1. The number of anilines is 1. The Morgan fingerprint density at radius 3 is 2.19 bits per heavy atom. The number of benzene rings is 3. The third kappa shape index (κ3) is 4.45. The van der Waals surface area contributed by atoms with E-state index in [9.17, 15) is 0 Å². The molecule has 3 aromatic carbocycles. The Kier molecular flexibility index (Phi) is 6.65. The van der Waals surface area contributed by atoms with Crippen molar-refractivity contribution in [2.24, 2.45) is 0 Å². The molecule has 1 heterocycles. The van der Waals surface area contributed by atoms with Gasteiger partial charge in [-0.15, -0.1) is 0 Å². The molecule has 4 rings (SSSR count). The summed E-state index contributed by atoms with van der Waals surface area (Å²) in [4.78, 5) is 2.60. The number of hydrogen-bond donors (Lipinski definition) is 0. The van der Waals surface area contributed by atoms with E-state index >= 15 is 0 Å². The van der Waals surface area contributed by atoms with Crippen molar-refractivity contribution in [3.63, 3.8) is 0 Å². The molecule has 0 aliphatic carbocycles. The van der Waals surface area contributed by atoms with Gasteiger partial charge >= 0.3 is 0 Å². The number of aryl methyl sites for hydroxylation is 1. The van der Waals surface area contributed by atoms with E-state index in [4.69, 9.17) is 0 Å². The lowest BCUT2D eigenvalue weighted by Gasteiger charge is -2.35. The minimum Gasteiger partial charge on any atom is -0.369 e. The highest BCUT2D eigenvalue weighted by molar-refractivity contribution is 5.88. The highest BCUT2D eigenvalue weighted by atomic mass is 15.2. The molecule has 0 saturated carbocycles. The van der Waals surface area contributed by atoms with Crippen molar-refractivity contribution < 1.29 is 0 Å². The number of fused-ring (bicyclic) bond motifs is 2. The zero-order valence-electron chi connectivity index (χ0n) is 21.2. The maximum absolute atomic E-state index is 2.60. The third-order valence-electron chi connectivity index (χ3n) is 7.40. The molecule has 32 heavy (non-hydrogen) atoms. The molecule has 1 aliphatic rings. The highest BCUT2D eigenvalue weighted by Gasteiger charge is 2.21. The van der Waals surface area contributed by atoms with E-state index in [-0.39, 0.29) is 0 Å². The molecule has 0 amide bonds. The summed E-state index contributed by atoms with van der Waals surface area (Å²) in [6.45, 7) is 17.5. The lowest BCUT2D eigenvalue weighted by molar-refractivity contribution is 0.623.